The average molecular weight is 258 g/mol. The fourth-order valence-electron chi connectivity index (χ4n) is 2.00. The summed E-state index contributed by atoms with van der Waals surface area (Å²) in [6.07, 6.45) is 9.12. The Balaban J connectivity index is 1.94. The van der Waals surface area contributed by atoms with E-state index in [-0.39, 0.29) is 5.41 Å². The zero-order valence-electron chi connectivity index (χ0n) is 11.6. The van der Waals surface area contributed by atoms with Crippen LogP contribution in [0, 0.1) is 0 Å². The molecule has 1 aliphatic carbocycles. The highest BCUT2D eigenvalue weighted by Gasteiger charge is 2.12. The van der Waals surface area contributed by atoms with Gasteiger partial charge in [0.15, 0.2) is 0 Å². The van der Waals surface area contributed by atoms with E-state index in [1.165, 1.54) is 23.3 Å². The first-order valence-corrected chi connectivity index (χ1v) is 7.62. The molecule has 2 rings (SSSR count). The number of rotatable bonds is 3. The molecule has 0 atom stereocenters. The van der Waals surface area contributed by atoms with Crippen molar-refractivity contribution in [3.63, 3.8) is 0 Å². The summed E-state index contributed by atoms with van der Waals surface area (Å²) in [5.41, 5.74) is 3.22. The number of allylic oxidation sites excluding steroid dienone is 3. The van der Waals surface area contributed by atoms with Crippen molar-refractivity contribution in [2.45, 2.75) is 43.9 Å². The van der Waals surface area contributed by atoms with Gasteiger partial charge < -0.3 is 0 Å². The molecule has 0 heterocycles. The van der Waals surface area contributed by atoms with Gasteiger partial charge in [0.05, 0.1) is 0 Å². The first-order chi connectivity index (χ1) is 8.55. The Morgan fingerprint density at radius 2 is 1.83 bits per heavy atom. The van der Waals surface area contributed by atoms with Crippen molar-refractivity contribution < 1.29 is 0 Å². The molecule has 0 spiro atoms. The minimum atomic E-state index is 0.250. The predicted octanol–water partition coefficient (Wildman–Crippen LogP) is 5.35. The topological polar surface area (TPSA) is 0 Å². The van der Waals surface area contributed by atoms with Gasteiger partial charge in [-0.2, -0.15) is 0 Å². The van der Waals surface area contributed by atoms with Gasteiger partial charge in [0.25, 0.3) is 0 Å². The van der Waals surface area contributed by atoms with Crippen LogP contribution < -0.4 is 0 Å². The molecule has 1 aliphatic rings. The number of hydrogen-bond acceptors (Lipinski definition) is 1. The van der Waals surface area contributed by atoms with Crippen LogP contribution in [0.3, 0.4) is 0 Å². The summed E-state index contributed by atoms with van der Waals surface area (Å²) in [5.74, 6) is 1.12. The molecule has 0 N–H and O–H groups in total. The molecule has 1 heteroatoms. The molecular formula is C17H22S. The third-order valence-corrected chi connectivity index (χ3v) is 4.37. The summed E-state index contributed by atoms with van der Waals surface area (Å²) < 4.78 is 0. The zero-order chi connectivity index (χ0) is 13.0. The van der Waals surface area contributed by atoms with Gasteiger partial charge in [0.1, 0.15) is 0 Å². The van der Waals surface area contributed by atoms with Crippen molar-refractivity contribution in [2.24, 2.45) is 0 Å². The molecule has 0 saturated carbocycles. The van der Waals surface area contributed by atoms with Crippen molar-refractivity contribution >= 4 is 11.8 Å². The van der Waals surface area contributed by atoms with E-state index in [1.54, 1.807) is 5.57 Å². The zero-order valence-corrected chi connectivity index (χ0v) is 12.4. The molecule has 0 saturated heterocycles. The Kier molecular flexibility index (Phi) is 4.34. The molecule has 0 radical (unpaired) electrons. The normalized spacial score (nSPS) is 15.6. The van der Waals surface area contributed by atoms with Gasteiger partial charge in [0, 0.05) is 10.6 Å². The van der Waals surface area contributed by atoms with E-state index < -0.39 is 0 Å². The van der Waals surface area contributed by atoms with E-state index in [0.717, 1.165) is 5.75 Å². The van der Waals surface area contributed by atoms with Crippen LogP contribution in [0.4, 0.5) is 0 Å². The maximum absolute atomic E-state index is 2.26. The molecule has 0 nitrogen and oxygen atoms in total. The summed E-state index contributed by atoms with van der Waals surface area (Å²) in [4.78, 5) is 1.37. The Bertz CT molecular complexity index is 443. The molecule has 0 aliphatic heterocycles. The molecule has 0 aromatic heterocycles. The van der Waals surface area contributed by atoms with Crippen LogP contribution >= 0.6 is 11.8 Å². The number of benzene rings is 1. The fourth-order valence-corrected chi connectivity index (χ4v) is 2.92. The highest BCUT2D eigenvalue weighted by molar-refractivity contribution is 7.99. The Morgan fingerprint density at radius 1 is 1.11 bits per heavy atom. The lowest BCUT2D eigenvalue weighted by atomic mass is 9.87. The van der Waals surface area contributed by atoms with E-state index in [2.05, 4.69) is 63.3 Å². The largest absolute Gasteiger partial charge is 0.122 e. The van der Waals surface area contributed by atoms with Crippen LogP contribution in [0.25, 0.3) is 0 Å². The Labute approximate surface area is 115 Å². The van der Waals surface area contributed by atoms with Gasteiger partial charge in [-0.05, 0) is 36.0 Å². The summed E-state index contributed by atoms with van der Waals surface area (Å²) in [6.45, 7) is 6.77. The molecule has 0 amide bonds. The van der Waals surface area contributed by atoms with Crippen molar-refractivity contribution in [1.82, 2.24) is 0 Å². The molecule has 96 valence electrons. The van der Waals surface area contributed by atoms with Crippen molar-refractivity contribution in [3.05, 3.63) is 53.6 Å². The standard InChI is InChI=1S/C17H22S/c1-17(2,3)15-9-11-16(12-10-15)18-13-14-7-5-4-6-8-14/h4-5,7,9-12H,6,8,13H2,1-3H3. The van der Waals surface area contributed by atoms with Crippen LogP contribution in [0.2, 0.25) is 0 Å². The summed E-state index contributed by atoms with van der Waals surface area (Å²) >= 11 is 1.94. The lowest BCUT2D eigenvalue weighted by Gasteiger charge is -2.19. The Hall–Kier alpha value is -0.950. The molecule has 1 aromatic carbocycles. The number of hydrogen-bond donors (Lipinski definition) is 0. The second kappa shape index (κ2) is 5.79. The van der Waals surface area contributed by atoms with Crippen molar-refractivity contribution in [2.75, 3.05) is 5.75 Å². The average Bonchev–Trinajstić information content (AvgIpc) is 2.37. The van der Waals surface area contributed by atoms with Gasteiger partial charge in [-0.3, -0.25) is 0 Å². The third-order valence-electron chi connectivity index (χ3n) is 3.24. The molecule has 18 heavy (non-hydrogen) atoms. The highest BCUT2D eigenvalue weighted by atomic mass is 32.2. The molecule has 1 aromatic rings. The van der Waals surface area contributed by atoms with Crippen LogP contribution in [0.5, 0.6) is 0 Å². The molecule has 0 unspecified atom stereocenters. The van der Waals surface area contributed by atoms with E-state index in [9.17, 15) is 0 Å². The van der Waals surface area contributed by atoms with Gasteiger partial charge >= 0.3 is 0 Å². The van der Waals surface area contributed by atoms with Gasteiger partial charge in [0.2, 0.25) is 0 Å². The second-order valence-electron chi connectivity index (χ2n) is 5.85. The summed E-state index contributed by atoms with van der Waals surface area (Å²) in [7, 11) is 0. The van der Waals surface area contributed by atoms with Gasteiger partial charge in [-0.15, -0.1) is 11.8 Å². The fraction of sp³-hybridized carbons (Fsp3) is 0.412. The monoisotopic (exact) mass is 258 g/mol. The predicted molar refractivity (Wildman–Crippen MR) is 82.3 cm³/mol. The van der Waals surface area contributed by atoms with Gasteiger partial charge in [-0.1, -0.05) is 56.7 Å². The quantitative estimate of drug-likeness (QED) is 0.658. The summed E-state index contributed by atoms with van der Waals surface area (Å²) in [6, 6.07) is 9.03. The van der Waals surface area contributed by atoms with Crippen LogP contribution in [0.15, 0.2) is 53.0 Å². The minimum absolute atomic E-state index is 0.250. The third kappa shape index (κ3) is 3.78. The van der Waals surface area contributed by atoms with E-state index in [0.29, 0.717) is 0 Å². The lowest BCUT2D eigenvalue weighted by Crippen LogP contribution is -2.10. The molecular weight excluding hydrogens is 236 g/mol. The van der Waals surface area contributed by atoms with E-state index >= 15 is 0 Å². The number of thioether (sulfide) groups is 1. The van der Waals surface area contributed by atoms with Crippen molar-refractivity contribution in [3.8, 4) is 0 Å². The Morgan fingerprint density at radius 3 is 2.39 bits per heavy atom. The smallest absolute Gasteiger partial charge is 0.0193 e. The van der Waals surface area contributed by atoms with Crippen LogP contribution in [-0.2, 0) is 5.41 Å². The highest BCUT2D eigenvalue weighted by Crippen LogP contribution is 2.27. The lowest BCUT2D eigenvalue weighted by molar-refractivity contribution is 0.590. The maximum atomic E-state index is 2.26. The van der Waals surface area contributed by atoms with Crippen LogP contribution in [0.1, 0.15) is 39.2 Å². The molecule has 0 fully saturated rings. The van der Waals surface area contributed by atoms with E-state index in [4.69, 9.17) is 0 Å². The van der Waals surface area contributed by atoms with Crippen LogP contribution in [-0.4, -0.2) is 5.75 Å². The van der Waals surface area contributed by atoms with E-state index in [1.807, 2.05) is 11.8 Å². The SMILES string of the molecule is CC(C)(C)c1ccc(SCC2=CC=CCC2)cc1. The molecule has 0 bridgehead atoms. The summed E-state index contributed by atoms with van der Waals surface area (Å²) in [5, 5.41) is 0. The second-order valence-corrected chi connectivity index (χ2v) is 6.90. The minimum Gasteiger partial charge on any atom is -0.122 e. The van der Waals surface area contributed by atoms with Gasteiger partial charge in [-0.25, -0.2) is 0 Å². The first kappa shape index (κ1) is 13.5. The van der Waals surface area contributed by atoms with Crippen molar-refractivity contribution in [1.29, 1.82) is 0 Å². The first-order valence-electron chi connectivity index (χ1n) is 6.63. The maximum Gasteiger partial charge on any atom is 0.0193 e.